The van der Waals surface area contributed by atoms with Crippen LogP contribution in [-0.2, 0) is 17.8 Å². The van der Waals surface area contributed by atoms with Crippen molar-refractivity contribution in [3.63, 3.8) is 0 Å². The molecule has 1 aliphatic rings. The molecule has 26 heavy (non-hydrogen) atoms. The fourth-order valence-corrected chi connectivity index (χ4v) is 2.95. The van der Waals surface area contributed by atoms with Gasteiger partial charge >= 0.3 is 0 Å². The molecule has 3 aromatic rings. The van der Waals surface area contributed by atoms with Crippen LogP contribution in [0.4, 0.5) is 0 Å². The van der Waals surface area contributed by atoms with E-state index in [2.05, 4.69) is 20.7 Å². The lowest BCUT2D eigenvalue weighted by Gasteiger charge is -2.07. The highest BCUT2D eigenvalue weighted by molar-refractivity contribution is 5.91. The second kappa shape index (κ2) is 7.49. The molecule has 1 amide bonds. The lowest BCUT2D eigenvalue weighted by Crippen LogP contribution is -2.23. The van der Waals surface area contributed by atoms with E-state index in [9.17, 15) is 4.79 Å². The van der Waals surface area contributed by atoms with Crippen molar-refractivity contribution in [1.29, 1.82) is 0 Å². The molecule has 0 unspecified atom stereocenters. The molecule has 1 saturated heterocycles. The Kier molecular flexibility index (Phi) is 4.74. The van der Waals surface area contributed by atoms with Crippen molar-refractivity contribution in [3.05, 3.63) is 60.2 Å². The van der Waals surface area contributed by atoms with Crippen LogP contribution in [0.5, 0.6) is 0 Å². The Balaban J connectivity index is 1.31. The van der Waals surface area contributed by atoms with E-state index in [0.29, 0.717) is 18.8 Å². The van der Waals surface area contributed by atoms with Crippen LogP contribution in [0, 0.1) is 0 Å². The van der Waals surface area contributed by atoms with E-state index < -0.39 is 0 Å². The monoisotopic (exact) mass is 352 g/mol. The van der Waals surface area contributed by atoms with Gasteiger partial charge in [-0.15, -0.1) is 5.10 Å². The lowest BCUT2D eigenvalue weighted by molar-refractivity contribution is 0.0929. The van der Waals surface area contributed by atoms with Gasteiger partial charge in [0.1, 0.15) is 0 Å². The van der Waals surface area contributed by atoms with E-state index in [1.807, 2.05) is 36.5 Å². The Morgan fingerprint density at radius 3 is 2.92 bits per heavy atom. The Bertz CT molecular complexity index is 850. The van der Waals surface area contributed by atoms with Gasteiger partial charge < -0.3 is 10.1 Å². The molecule has 0 spiro atoms. The van der Waals surface area contributed by atoms with E-state index in [4.69, 9.17) is 4.74 Å². The van der Waals surface area contributed by atoms with Crippen LogP contribution in [0.2, 0.25) is 0 Å². The maximum atomic E-state index is 12.2. The highest BCUT2D eigenvalue weighted by Crippen LogP contribution is 2.13. The Morgan fingerprint density at radius 1 is 1.31 bits per heavy atom. The number of benzene rings is 1. The molecule has 8 nitrogen and oxygen atoms in total. The highest BCUT2D eigenvalue weighted by atomic mass is 16.5. The Labute approximate surface area is 150 Å². The maximum absolute atomic E-state index is 12.2. The first-order valence-electron chi connectivity index (χ1n) is 8.67. The minimum absolute atomic E-state index is 0.168. The quantitative estimate of drug-likeness (QED) is 0.728. The van der Waals surface area contributed by atoms with E-state index in [1.54, 1.807) is 21.8 Å². The summed E-state index contributed by atoms with van der Waals surface area (Å²) >= 11 is 0. The normalized spacial score (nSPS) is 16.7. The van der Waals surface area contributed by atoms with E-state index >= 15 is 0 Å². The number of amides is 1. The predicted octanol–water partition coefficient (Wildman–Crippen LogP) is 1.57. The molecule has 134 valence electrons. The topological polar surface area (TPSA) is 86.9 Å². The van der Waals surface area contributed by atoms with Gasteiger partial charge in [-0.2, -0.15) is 5.10 Å². The number of aromatic nitrogens is 5. The second-order valence-electron chi connectivity index (χ2n) is 6.26. The Hall–Kier alpha value is -3.00. The van der Waals surface area contributed by atoms with Crippen molar-refractivity contribution in [2.24, 2.45) is 0 Å². The molecular formula is C18H20N6O2. The molecule has 0 aliphatic carbocycles. The summed E-state index contributed by atoms with van der Waals surface area (Å²) < 4.78 is 9.03. The Morgan fingerprint density at radius 2 is 2.19 bits per heavy atom. The molecule has 1 aromatic carbocycles. The molecule has 1 atom stereocenters. The van der Waals surface area contributed by atoms with Gasteiger partial charge in [0.25, 0.3) is 5.91 Å². The zero-order valence-electron chi connectivity index (χ0n) is 14.3. The van der Waals surface area contributed by atoms with E-state index in [-0.39, 0.29) is 12.0 Å². The highest BCUT2D eigenvalue weighted by Gasteiger charge is 2.18. The number of rotatable bonds is 6. The number of nitrogens with one attached hydrogen (secondary N) is 1. The van der Waals surface area contributed by atoms with Crippen molar-refractivity contribution in [1.82, 2.24) is 30.1 Å². The number of hydrogen-bond donors (Lipinski definition) is 1. The van der Waals surface area contributed by atoms with Crippen LogP contribution in [0.15, 0.2) is 48.9 Å². The van der Waals surface area contributed by atoms with Crippen LogP contribution in [0.3, 0.4) is 0 Å². The molecule has 3 heterocycles. The largest absolute Gasteiger partial charge is 0.376 e. The van der Waals surface area contributed by atoms with Gasteiger partial charge in [-0.1, -0.05) is 17.3 Å². The third-order valence-electron chi connectivity index (χ3n) is 4.34. The molecule has 1 N–H and O–H groups in total. The number of nitrogens with zero attached hydrogens (tertiary/aromatic N) is 5. The maximum Gasteiger partial charge on any atom is 0.273 e. The van der Waals surface area contributed by atoms with Gasteiger partial charge in [0.15, 0.2) is 5.69 Å². The van der Waals surface area contributed by atoms with Crippen molar-refractivity contribution >= 4 is 5.91 Å². The standard InChI is InChI=1S/C18H20N6O2/c25-18(17-13-23(22-21-17)12-16-3-1-10-26-16)19-11-14-4-6-15(7-5-14)24-9-2-8-20-24/h2,4-9,13,16H,1,3,10-12H2,(H,19,25)/t16-/m0/s1. The molecular weight excluding hydrogens is 332 g/mol. The molecule has 1 fully saturated rings. The van der Waals surface area contributed by atoms with Crippen molar-refractivity contribution in [2.75, 3.05) is 6.61 Å². The summed E-state index contributed by atoms with van der Waals surface area (Å²) in [7, 11) is 0. The van der Waals surface area contributed by atoms with Crippen LogP contribution < -0.4 is 5.32 Å². The van der Waals surface area contributed by atoms with Crippen LogP contribution in [-0.4, -0.2) is 43.4 Å². The van der Waals surface area contributed by atoms with Gasteiger partial charge in [0.2, 0.25) is 0 Å². The average molecular weight is 352 g/mol. The van der Waals surface area contributed by atoms with Gasteiger partial charge in [0.05, 0.1) is 24.5 Å². The molecule has 0 saturated carbocycles. The average Bonchev–Trinajstić information content (AvgIpc) is 3.43. The van der Waals surface area contributed by atoms with Crippen LogP contribution >= 0.6 is 0 Å². The molecule has 0 bridgehead atoms. The first-order chi connectivity index (χ1) is 12.8. The summed E-state index contributed by atoms with van der Waals surface area (Å²) in [5.41, 5.74) is 2.29. The molecule has 8 heteroatoms. The first kappa shape index (κ1) is 16.5. The minimum Gasteiger partial charge on any atom is -0.376 e. The number of carbonyl (C=O) groups is 1. The summed E-state index contributed by atoms with van der Waals surface area (Å²) in [4.78, 5) is 12.2. The zero-order valence-corrected chi connectivity index (χ0v) is 14.3. The SMILES string of the molecule is O=C(NCc1ccc(-n2cccn2)cc1)c1cn(C[C@@H]2CCCO2)nn1. The molecule has 1 aliphatic heterocycles. The zero-order chi connectivity index (χ0) is 17.8. The van der Waals surface area contributed by atoms with Gasteiger partial charge in [0, 0.05) is 25.5 Å². The lowest BCUT2D eigenvalue weighted by atomic mass is 10.2. The van der Waals surface area contributed by atoms with Gasteiger partial charge in [-0.05, 0) is 36.6 Å². The third kappa shape index (κ3) is 3.80. The molecule has 2 aromatic heterocycles. The summed E-state index contributed by atoms with van der Waals surface area (Å²) in [6, 6.07) is 9.73. The predicted molar refractivity (Wildman–Crippen MR) is 93.7 cm³/mol. The van der Waals surface area contributed by atoms with E-state index in [1.165, 1.54) is 0 Å². The van der Waals surface area contributed by atoms with Crippen LogP contribution in [0.25, 0.3) is 5.69 Å². The summed E-state index contributed by atoms with van der Waals surface area (Å²) in [5.74, 6) is -0.236. The van der Waals surface area contributed by atoms with Crippen molar-refractivity contribution in [2.45, 2.75) is 32.0 Å². The molecule has 0 radical (unpaired) electrons. The number of hydrogen-bond acceptors (Lipinski definition) is 5. The van der Waals surface area contributed by atoms with Crippen molar-refractivity contribution in [3.8, 4) is 5.69 Å². The minimum atomic E-state index is -0.236. The first-order valence-corrected chi connectivity index (χ1v) is 8.67. The fourth-order valence-electron chi connectivity index (χ4n) is 2.95. The third-order valence-corrected chi connectivity index (χ3v) is 4.34. The summed E-state index contributed by atoms with van der Waals surface area (Å²) in [6.07, 6.45) is 7.55. The second-order valence-corrected chi connectivity index (χ2v) is 6.26. The number of ether oxygens (including phenoxy) is 1. The summed E-state index contributed by atoms with van der Waals surface area (Å²) in [6.45, 7) is 1.86. The van der Waals surface area contributed by atoms with Gasteiger partial charge in [-0.25, -0.2) is 9.36 Å². The van der Waals surface area contributed by atoms with Crippen molar-refractivity contribution < 1.29 is 9.53 Å². The fraction of sp³-hybridized carbons (Fsp3) is 0.333. The van der Waals surface area contributed by atoms with E-state index in [0.717, 1.165) is 30.7 Å². The van der Waals surface area contributed by atoms with Gasteiger partial charge in [-0.3, -0.25) is 4.79 Å². The summed E-state index contributed by atoms with van der Waals surface area (Å²) in [5, 5.41) is 15.0. The smallest absolute Gasteiger partial charge is 0.273 e. The van der Waals surface area contributed by atoms with Crippen LogP contribution in [0.1, 0.15) is 28.9 Å². The molecule has 4 rings (SSSR count). The number of carbonyl (C=O) groups excluding carboxylic acids is 1.